The Kier molecular flexibility index (Phi) is 4.51. The minimum atomic E-state index is -0.594. The second-order valence-corrected chi connectivity index (χ2v) is 4.16. The predicted molar refractivity (Wildman–Crippen MR) is 74.2 cm³/mol. The normalized spacial score (nSPS) is 9.85. The van der Waals surface area contributed by atoms with Crippen molar-refractivity contribution in [1.29, 1.82) is 5.26 Å². The summed E-state index contributed by atoms with van der Waals surface area (Å²) in [6, 6.07) is 9.34. The number of nitriles is 1. The van der Waals surface area contributed by atoms with Crippen LogP contribution in [0.25, 0.3) is 0 Å². The maximum Gasteiger partial charge on any atom is 0.144 e. The van der Waals surface area contributed by atoms with Gasteiger partial charge in [0.25, 0.3) is 0 Å². The number of nitrogens with one attached hydrogen (secondary N) is 1. The molecule has 0 unspecified atom stereocenters. The van der Waals surface area contributed by atoms with Crippen molar-refractivity contribution < 1.29 is 9.13 Å². The minimum absolute atomic E-state index is 0.00243. The van der Waals surface area contributed by atoms with Crippen molar-refractivity contribution in [1.82, 2.24) is 4.98 Å². The van der Waals surface area contributed by atoms with Crippen molar-refractivity contribution in [3.63, 3.8) is 0 Å². The zero-order valence-electron chi connectivity index (χ0n) is 11.1. The van der Waals surface area contributed by atoms with Crippen LogP contribution in [0, 0.1) is 17.1 Å². The highest BCUT2D eigenvalue weighted by atomic mass is 19.1. The highest BCUT2D eigenvalue weighted by molar-refractivity contribution is 5.43. The summed E-state index contributed by atoms with van der Waals surface area (Å²) in [6.07, 6.45) is 2.61. The Hall–Kier alpha value is -2.61. The van der Waals surface area contributed by atoms with Crippen molar-refractivity contribution in [2.45, 2.75) is 13.3 Å². The van der Waals surface area contributed by atoms with Crippen molar-refractivity contribution in [2.24, 2.45) is 0 Å². The monoisotopic (exact) mass is 271 g/mol. The molecule has 0 amide bonds. The van der Waals surface area contributed by atoms with Crippen LogP contribution in [-0.2, 0) is 0 Å². The lowest BCUT2D eigenvalue weighted by atomic mass is 10.2. The van der Waals surface area contributed by atoms with Crippen LogP contribution in [0.5, 0.6) is 11.5 Å². The molecule has 102 valence electrons. The lowest BCUT2D eigenvalue weighted by molar-refractivity contribution is 0.476. The van der Waals surface area contributed by atoms with Crippen LogP contribution in [0.3, 0.4) is 0 Å². The highest BCUT2D eigenvalue weighted by Crippen LogP contribution is 2.24. The van der Waals surface area contributed by atoms with Gasteiger partial charge in [0.15, 0.2) is 0 Å². The number of halogens is 1. The summed E-state index contributed by atoms with van der Waals surface area (Å²) in [5.41, 5.74) is -0.00243. The molecule has 0 atom stereocenters. The van der Waals surface area contributed by atoms with Gasteiger partial charge in [0.2, 0.25) is 0 Å². The lowest BCUT2D eigenvalue weighted by Gasteiger charge is -2.08. The van der Waals surface area contributed by atoms with E-state index in [1.807, 2.05) is 0 Å². The molecule has 0 radical (unpaired) electrons. The zero-order valence-corrected chi connectivity index (χ0v) is 11.1. The lowest BCUT2D eigenvalue weighted by Crippen LogP contribution is -2.01. The molecular formula is C15H14FN3O. The summed E-state index contributed by atoms with van der Waals surface area (Å²) in [5, 5.41) is 11.8. The van der Waals surface area contributed by atoms with Crippen LogP contribution >= 0.6 is 0 Å². The minimum Gasteiger partial charge on any atom is -0.457 e. The first-order valence-corrected chi connectivity index (χ1v) is 6.30. The number of anilines is 1. The summed E-state index contributed by atoms with van der Waals surface area (Å²) < 4.78 is 19.0. The van der Waals surface area contributed by atoms with E-state index in [1.165, 1.54) is 12.1 Å². The number of ether oxygens (including phenoxy) is 1. The number of benzene rings is 1. The zero-order chi connectivity index (χ0) is 14.4. The Balaban J connectivity index is 2.13. The van der Waals surface area contributed by atoms with Crippen LogP contribution in [-0.4, -0.2) is 11.5 Å². The molecule has 0 aliphatic heterocycles. The number of rotatable bonds is 5. The summed E-state index contributed by atoms with van der Waals surface area (Å²) in [5.74, 6) is 1.01. The Morgan fingerprint density at radius 1 is 1.30 bits per heavy atom. The molecule has 2 rings (SSSR count). The Morgan fingerprint density at radius 3 is 2.80 bits per heavy atom. The molecule has 20 heavy (non-hydrogen) atoms. The maximum absolute atomic E-state index is 13.5. The van der Waals surface area contributed by atoms with Crippen molar-refractivity contribution >= 4 is 5.82 Å². The molecule has 0 aliphatic carbocycles. The third-order valence-electron chi connectivity index (χ3n) is 2.58. The molecule has 5 heteroatoms. The molecule has 0 saturated carbocycles. The average molecular weight is 271 g/mol. The van der Waals surface area contributed by atoms with Gasteiger partial charge in [0.05, 0.1) is 5.56 Å². The van der Waals surface area contributed by atoms with Gasteiger partial charge in [-0.3, -0.25) is 0 Å². The van der Waals surface area contributed by atoms with Crippen molar-refractivity contribution in [3.8, 4) is 17.6 Å². The van der Waals surface area contributed by atoms with E-state index in [0.717, 1.165) is 13.0 Å². The molecular weight excluding hydrogens is 257 g/mol. The van der Waals surface area contributed by atoms with Crippen LogP contribution in [0.2, 0.25) is 0 Å². The van der Waals surface area contributed by atoms with E-state index in [1.54, 1.807) is 30.5 Å². The molecule has 0 bridgehead atoms. The number of pyridine rings is 1. The van der Waals surface area contributed by atoms with Crippen LogP contribution in [0.15, 0.2) is 36.5 Å². The van der Waals surface area contributed by atoms with E-state index in [4.69, 9.17) is 10.00 Å². The quantitative estimate of drug-likeness (QED) is 0.900. The SMILES string of the molecule is CCCNc1cc(Oc2ccc(C#N)c(F)c2)ccn1. The van der Waals surface area contributed by atoms with Gasteiger partial charge in [0.1, 0.15) is 29.2 Å². The summed E-state index contributed by atoms with van der Waals surface area (Å²) in [4.78, 5) is 4.16. The van der Waals surface area contributed by atoms with E-state index < -0.39 is 5.82 Å². The standard InChI is InChI=1S/C15H14FN3O/c1-2-6-18-15-9-13(5-7-19-15)20-12-4-3-11(10-17)14(16)8-12/h3-5,7-9H,2,6H2,1H3,(H,18,19). The largest absolute Gasteiger partial charge is 0.457 e. The van der Waals surface area contributed by atoms with Crippen LogP contribution in [0.4, 0.5) is 10.2 Å². The fraction of sp³-hybridized carbons (Fsp3) is 0.200. The summed E-state index contributed by atoms with van der Waals surface area (Å²) in [7, 11) is 0. The Labute approximate surface area is 116 Å². The molecule has 0 saturated heterocycles. The smallest absolute Gasteiger partial charge is 0.144 e. The molecule has 1 aromatic carbocycles. The molecule has 0 fully saturated rings. The first-order valence-electron chi connectivity index (χ1n) is 6.30. The fourth-order valence-electron chi connectivity index (χ4n) is 1.61. The maximum atomic E-state index is 13.5. The third kappa shape index (κ3) is 3.45. The fourth-order valence-corrected chi connectivity index (χ4v) is 1.61. The Bertz CT molecular complexity index is 637. The first kappa shape index (κ1) is 13.8. The van der Waals surface area contributed by atoms with Gasteiger partial charge in [-0.15, -0.1) is 0 Å². The summed E-state index contributed by atoms with van der Waals surface area (Å²) in [6.45, 7) is 2.88. The van der Waals surface area contributed by atoms with Crippen molar-refractivity contribution in [2.75, 3.05) is 11.9 Å². The van der Waals surface area contributed by atoms with Gasteiger partial charge in [-0.2, -0.15) is 5.26 Å². The highest BCUT2D eigenvalue weighted by Gasteiger charge is 2.05. The molecule has 2 aromatic rings. The van der Waals surface area contributed by atoms with E-state index in [0.29, 0.717) is 17.3 Å². The second-order valence-electron chi connectivity index (χ2n) is 4.16. The topological polar surface area (TPSA) is 57.9 Å². The predicted octanol–water partition coefficient (Wildman–Crippen LogP) is 3.71. The molecule has 0 spiro atoms. The van der Waals surface area contributed by atoms with E-state index in [-0.39, 0.29) is 5.56 Å². The van der Waals surface area contributed by atoms with Gasteiger partial charge in [-0.25, -0.2) is 9.37 Å². The third-order valence-corrected chi connectivity index (χ3v) is 2.58. The molecule has 4 nitrogen and oxygen atoms in total. The Morgan fingerprint density at radius 2 is 2.10 bits per heavy atom. The van der Waals surface area contributed by atoms with E-state index >= 15 is 0 Å². The van der Waals surface area contributed by atoms with Gasteiger partial charge in [-0.05, 0) is 24.6 Å². The number of nitrogens with zero attached hydrogens (tertiary/aromatic N) is 2. The van der Waals surface area contributed by atoms with Crippen LogP contribution < -0.4 is 10.1 Å². The van der Waals surface area contributed by atoms with Gasteiger partial charge >= 0.3 is 0 Å². The number of aromatic nitrogens is 1. The average Bonchev–Trinajstić information content (AvgIpc) is 2.46. The first-order chi connectivity index (χ1) is 9.72. The van der Waals surface area contributed by atoms with Gasteiger partial charge < -0.3 is 10.1 Å². The molecule has 1 N–H and O–H groups in total. The number of hydrogen-bond donors (Lipinski definition) is 1. The van der Waals surface area contributed by atoms with E-state index in [2.05, 4.69) is 17.2 Å². The number of hydrogen-bond acceptors (Lipinski definition) is 4. The van der Waals surface area contributed by atoms with Gasteiger partial charge in [-0.1, -0.05) is 6.92 Å². The van der Waals surface area contributed by atoms with Crippen LogP contribution in [0.1, 0.15) is 18.9 Å². The van der Waals surface area contributed by atoms with E-state index in [9.17, 15) is 4.39 Å². The second kappa shape index (κ2) is 6.53. The van der Waals surface area contributed by atoms with Crippen molar-refractivity contribution in [3.05, 3.63) is 47.9 Å². The molecule has 1 aromatic heterocycles. The molecule has 0 aliphatic rings. The summed E-state index contributed by atoms with van der Waals surface area (Å²) >= 11 is 0. The van der Waals surface area contributed by atoms with Gasteiger partial charge in [0, 0.05) is 24.9 Å². The molecule has 1 heterocycles.